The Morgan fingerprint density at radius 2 is 1.92 bits per heavy atom. The molecule has 0 bridgehead atoms. The van der Waals surface area contributed by atoms with Crippen molar-refractivity contribution in [3.05, 3.63) is 42.5 Å². The van der Waals surface area contributed by atoms with E-state index in [9.17, 15) is 5.11 Å². The topological polar surface area (TPSA) is 19.9 Å². The van der Waals surface area contributed by atoms with E-state index in [1.54, 1.807) is 0 Å². The average Bonchev–Trinajstić information content (AvgIpc) is 2.15. The van der Waals surface area contributed by atoms with Crippen LogP contribution in [0.15, 0.2) is 36.9 Å². The van der Waals surface area contributed by atoms with Gasteiger partial charge in [-0.25, -0.2) is 5.11 Å². The van der Waals surface area contributed by atoms with E-state index in [2.05, 4.69) is 6.58 Å². The van der Waals surface area contributed by atoms with Crippen LogP contribution in [0.3, 0.4) is 0 Å². The summed E-state index contributed by atoms with van der Waals surface area (Å²) in [6.07, 6.45) is 1.50. The summed E-state index contributed by atoms with van der Waals surface area (Å²) in [5.74, 6) is 0. The zero-order valence-corrected chi connectivity index (χ0v) is 7.12. The quantitative estimate of drug-likeness (QED) is 0.647. The molecule has 0 unspecified atom stereocenters. The number of benzene rings is 1. The van der Waals surface area contributed by atoms with E-state index in [1.807, 2.05) is 30.3 Å². The molecule has 0 aliphatic heterocycles. The molecule has 0 heterocycles. The van der Waals surface area contributed by atoms with Crippen molar-refractivity contribution in [1.29, 1.82) is 0 Å². The van der Waals surface area contributed by atoms with Crippen molar-refractivity contribution >= 4 is 5.57 Å². The standard InChI is InChI=1S/C11H13O/c1-10(6-5-9-12)11-7-3-2-4-8-11/h2-4,7-8H,1,5-6,9H2. The van der Waals surface area contributed by atoms with Crippen molar-refractivity contribution < 1.29 is 5.11 Å². The predicted molar refractivity (Wildman–Crippen MR) is 50.3 cm³/mol. The third kappa shape index (κ3) is 2.51. The fourth-order valence-electron chi connectivity index (χ4n) is 1.10. The SMILES string of the molecule is C=C(CCC[O])c1ccccc1. The molecule has 0 N–H and O–H groups in total. The molecule has 1 rings (SSSR count). The Kier molecular flexibility index (Phi) is 3.55. The van der Waals surface area contributed by atoms with Crippen molar-refractivity contribution in [1.82, 2.24) is 0 Å². The van der Waals surface area contributed by atoms with Gasteiger partial charge in [-0.2, -0.15) is 0 Å². The fraction of sp³-hybridized carbons (Fsp3) is 0.273. The summed E-state index contributed by atoms with van der Waals surface area (Å²) in [6.45, 7) is 3.92. The maximum absolute atomic E-state index is 10.2. The maximum Gasteiger partial charge on any atom is 0.0825 e. The first-order valence-corrected chi connectivity index (χ1v) is 4.16. The third-order valence-corrected chi connectivity index (χ3v) is 1.80. The minimum absolute atomic E-state index is 0.00808. The molecule has 0 amide bonds. The Morgan fingerprint density at radius 1 is 1.25 bits per heavy atom. The molecular formula is C11H13O. The minimum Gasteiger partial charge on any atom is -0.237 e. The van der Waals surface area contributed by atoms with Crippen molar-refractivity contribution in [2.75, 3.05) is 6.61 Å². The Hall–Kier alpha value is -1.08. The second-order valence-corrected chi connectivity index (χ2v) is 2.78. The molecule has 12 heavy (non-hydrogen) atoms. The lowest BCUT2D eigenvalue weighted by atomic mass is 10.0. The second kappa shape index (κ2) is 4.73. The highest BCUT2D eigenvalue weighted by Crippen LogP contribution is 2.16. The third-order valence-electron chi connectivity index (χ3n) is 1.80. The van der Waals surface area contributed by atoms with Gasteiger partial charge in [-0.3, -0.25) is 0 Å². The van der Waals surface area contributed by atoms with Gasteiger partial charge in [0, 0.05) is 0 Å². The minimum atomic E-state index is -0.00808. The number of rotatable bonds is 4. The van der Waals surface area contributed by atoms with Gasteiger partial charge in [0.15, 0.2) is 0 Å². The van der Waals surface area contributed by atoms with E-state index in [1.165, 1.54) is 0 Å². The molecule has 1 nitrogen and oxygen atoms in total. The lowest BCUT2D eigenvalue weighted by Gasteiger charge is -2.02. The number of hydrogen-bond donors (Lipinski definition) is 0. The van der Waals surface area contributed by atoms with Crippen LogP contribution in [0.5, 0.6) is 0 Å². The molecule has 1 aromatic rings. The monoisotopic (exact) mass is 161 g/mol. The van der Waals surface area contributed by atoms with Crippen LogP contribution in [0.2, 0.25) is 0 Å². The van der Waals surface area contributed by atoms with Crippen LogP contribution < -0.4 is 0 Å². The number of hydrogen-bond acceptors (Lipinski definition) is 0. The van der Waals surface area contributed by atoms with E-state index >= 15 is 0 Å². The highest BCUT2D eigenvalue weighted by Gasteiger charge is 1.96. The highest BCUT2D eigenvalue weighted by molar-refractivity contribution is 5.62. The number of allylic oxidation sites excluding steroid dienone is 1. The van der Waals surface area contributed by atoms with E-state index in [0.29, 0.717) is 6.42 Å². The summed E-state index contributed by atoms with van der Waals surface area (Å²) in [7, 11) is 0. The zero-order chi connectivity index (χ0) is 8.81. The average molecular weight is 161 g/mol. The van der Waals surface area contributed by atoms with Crippen molar-refractivity contribution in [3.8, 4) is 0 Å². The molecule has 0 aliphatic rings. The Bertz CT molecular complexity index is 238. The summed E-state index contributed by atoms with van der Waals surface area (Å²) in [5, 5.41) is 10.2. The van der Waals surface area contributed by atoms with Gasteiger partial charge in [-0.1, -0.05) is 36.9 Å². The molecule has 0 fully saturated rings. The van der Waals surface area contributed by atoms with Gasteiger partial charge in [0.1, 0.15) is 0 Å². The largest absolute Gasteiger partial charge is 0.237 e. The lowest BCUT2D eigenvalue weighted by molar-refractivity contribution is 0.190. The van der Waals surface area contributed by atoms with Crippen LogP contribution in [0.25, 0.3) is 5.57 Å². The van der Waals surface area contributed by atoms with Gasteiger partial charge in [-0.05, 0) is 24.0 Å². The van der Waals surface area contributed by atoms with E-state index in [-0.39, 0.29) is 6.61 Å². The second-order valence-electron chi connectivity index (χ2n) is 2.78. The normalized spacial score (nSPS) is 9.75. The van der Waals surface area contributed by atoms with Crippen LogP contribution >= 0.6 is 0 Å². The van der Waals surface area contributed by atoms with Crippen LogP contribution in [-0.4, -0.2) is 6.61 Å². The van der Waals surface area contributed by atoms with Crippen LogP contribution in [0.1, 0.15) is 18.4 Å². The van der Waals surface area contributed by atoms with Gasteiger partial charge in [0.05, 0.1) is 6.61 Å². The van der Waals surface area contributed by atoms with Gasteiger partial charge in [-0.15, -0.1) is 0 Å². The van der Waals surface area contributed by atoms with E-state index in [4.69, 9.17) is 0 Å². The highest BCUT2D eigenvalue weighted by atomic mass is 16.2. The Labute approximate surface area is 73.4 Å². The Morgan fingerprint density at radius 3 is 2.50 bits per heavy atom. The van der Waals surface area contributed by atoms with E-state index in [0.717, 1.165) is 17.6 Å². The first-order valence-electron chi connectivity index (χ1n) is 4.16. The molecule has 0 saturated heterocycles. The molecule has 0 spiro atoms. The Balaban J connectivity index is 2.54. The summed E-state index contributed by atoms with van der Waals surface area (Å²) < 4.78 is 0. The van der Waals surface area contributed by atoms with Crippen LogP contribution in [0, 0.1) is 0 Å². The van der Waals surface area contributed by atoms with Crippen molar-refractivity contribution in [2.45, 2.75) is 12.8 Å². The van der Waals surface area contributed by atoms with Gasteiger partial charge < -0.3 is 0 Å². The molecule has 0 aromatic heterocycles. The molecule has 1 radical (unpaired) electrons. The van der Waals surface area contributed by atoms with Gasteiger partial charge >= 0.3 is 0 Å². The molecule has 0 aliphatic carbocycles. The fourth-order valence-corrected chi connectivity index (χ4v) is 1.10. The predicted octanol–water partition coefficient (Wildman–Crippen LogP) is 2.91. The first-order chi connectivity index (χ1) is 5.84. The summed E-state index contributed by atoms with van der Waals surface area (Å²) in [4.78, 5) is 0. The van der Waals surface area contributed by atoms with Crippen molar-refractivity contribution in [2.24, 2.45) is 0 Å². The van der Waals surface area contributed by atoms with Gasteiger partial charge in [0.2, 0.25) is 0 Å². The maximum atomic E-state index is 10.2. The lowest BCUT2D eigenvalue weighted by Crippen LogP contribution is -1.85. The van der Waals surface area contributed by atoms with Gasteiger partial charge in [0.25, 0.3) is 0 Å². The molecular weight excluding hydrogens is 148 g/mol. The van der Waals surface area contributed by atoms with Crippen molar-refractivity contribution in [3.63, 3.8) is 0 Å². The molecule has 0 saturated carbocycles. The summed E-state index contributed by atoms with van der Waals surface area (Å²) in [6, 6.07) is 9.99. The van der Waals surface area contributed by atoms with E-state index < -0.39 is 0 Å². The molecule has 0 atom stereocenters. The summed E-state index contributed by atoms with van der Waals surface area (Å²) in [5.41, 5.74) is 2.21. The zero-order valence-electron chi connectivity index (χ0n) is 7.12. The smallest absolute Gasteiger partial charge is 0.0825 e. The summed E-state index contributed by atoms with van der Waals surface area (Å²) >= 11 is 0. The molecule has 1 aromatic carbocycles. The molecule has 63 valence electrons. The molecule has 1 heteroatoms. The first kappa shape index (κ1) is 9.01. The van der Waals surface area contributed by atoms with Crippen LogP contribution in [-0.2, 0) is 5.11 Å². The van der Waals surface area contributed by atoms with Crippen LogP contribution in [0.4, 0.5) is 0 Å².